The van der Waals surface area contributed by atoms with Crippen molar-refractivity contribution in [3.8, 4) is 0 Å². The SMILES string of the molecule is Cc1cc(C(CC2Cc3ccccc32)NN)ccc1F. The van der Waals surface area contributed by atoms with Crippen LogP contribution in [-0.2, 0) is 6.42 Å². The minimum Gasteiger partial charge on any atom is -0.271 e. The van der Waals surface area contributed by atoms with Gasteiger partial charge in [-0.05, 0) is 54.0 Å². The van der Waals surface area contributed by atoms with Gasteiger partial charge in [0.25, 0.3) is 0 Å². The molecular weight excluding hydrogens is 251 g/mol. The molecule has 0 saturated heterocycles. The zero-order chi connectivity index (χ0) is 14.1. The number of hydrazine groups is 1. The number of fused-ring (bicyclic) bond motifs is 1. The van der Waals surface area contributed by atoms with Crippen LogP contribution in [0.5, 0.6) is 0 Å². The highest BCUT2D eigenvalue weighted by Gasteiger charge is 2.28. The molecule has 0 heterocycles. The zero-order valence-corrected chi connectivity index (χ0v) is 11.6. The standard InChI is InChI=1S/C17H19FN2/c1-11-8-13(6-7-16(11)18)17(20-19)10-14-9-12-4-2-3-5-15(12)14/h2-8,14,17,20H,9-10,19H2,1H3. The van der Waals surface area contributed by atoms with Gasteiger partial charge < -0.3 is 0 Å². The molecule has 2 aromatic rings. The van der Waals surface area contributed by atoms with Crippen LogP contribution in [0.3, 0.4) is 0 Å². The number of hydrogen-bond donors (Lipinski definition) is 2. The van der Waals surface area contributed by atoms with Gasteiger partial charge in [-0.3, -0.25) is 11.3 Å². The van der Waals surface area contributed by atoms with Crippen molar-refractivity contribution in [2.24, 2.45) is 5.84 Å². The van der Waals surface area contributed by atoms with Crippen LogP contribution in [0.2, 0.25) is 0 Å². The van der Waals surface area contributed by atoms with E-state index in [0.717, 1.165) is 18.4 Å². The van der Waals surface area contributed by atoms with Crippen LogP contribution in [0.1, 0.15) is 40.6 Å². The van der Waals surface area contributed by atoms with E-state index >= 15 is 0 Å². The first-order chi connectivity index (χ1) is 9.69. The highest BCUT2D eigenvalue weighted by molar-refractivity contribution is 5.40. The summed E-state index contributed by atoms with van der Waals surface area (Å²) in [6.45, 7) is 1.78. The molecule has 0 saturated carbocycles. The Labute approximate surface area is 118 Å². The molecule has 1 aliphatic rings. The summed E-state index contributed by atoms with van der Waals surface area (Å²) in [5.41, 5.74) is 7.44. The van der Waals surface area contributed by atoms with E-state index in [1.165, 1.54) is 17.2 Å². The Hall–Kier alpha value is -1.71. The smallest absolute Gasteiger partial charge is 0.126 e. The number of halogens is 1. The lowest BCUT2D eigenvalue weighted by molar-refractivity contribution is 0.435. The molecule has 3 rings (SSSR count). The largest absolute Gasteiger partial charge is 0.271 e. The van der Waals surface area contributed by atoms with Crippen molar-refractivity contribution in [1.29, 1.82) is 0 Å². The van der Waals surface area contributed by atoms with Crippen molar-refractivity contribution in [2.75, 3.05) is 0 Å². The maximum atomic E-state index is 13.4. The average Bonchev–Trinajstić information content (AvgIpc) is 2.44. The van der Waals surface area contributed by atoms with E-state index in [1.54, 1.807) is 6.92 Å². The Balaban J connectivity index is 1.77. The molecule has 2 aromatic carbocycles. The lowest BCUT2D eigenvalue weighted by atomic mass is 9.74. The minimum absolute atomic E-state index is 0.0626. The van der Waals surface area contributed by atoms with Crippen LogP contribution < -0.4 is 11.3 Å². The molecule has 0 bridgehead atoms. The molecule has 20 heavy (non-hydrogen) atoms. The van der Waals surface area contributed by atoms with Gasteiger partial charge in [0.15, 0.2) is 0 Å². The van der Waals surface area contributed by atoms with Gasteiger partial charge in [0, 0.05) is 6.04 Å². The highest BCUT2D eigenvalue weighted by atomic mass is 19.1. The van der Waals surface area contributed by atoms with Gasteiger partial charge in [0.05, 0.1) is 0 Å². The van der Waals surface area contributed by atoms with Crippen LogP contribution in [0, 0.1) is 12.7 Å². The maximum absolute atomic E-state index is 13.4. The van der Waals surface area contributed by atoms with Gasteiger partial charge in [-0.25, -0.2) is 4.39 Å². The molecule has 2 unspecified atom stereocenters. The van der Waals surface area contributed by atoms with Gasteiger partial charge in [-0.15, -0.1) is 0 Å². The van der Waals surface area contributed by atoms with Gasteiger partial charge in [0.2, 0.25) is 0 Å². The first-order valence-electron chi connectivity index (χ1n) is 6.99. The third kappa shape index (κ3) is 2.35. The third-order valence-electron chi connectivity index (χ3n) is 4.27. The van der Waals surface area contributed by atoms with Gasteiger partial charge in [-0.2, -0.15) is 0 Å². The summed E-state index contributed by atoms with van der Waals surface area (Å²) in [5, 5.41) is 0. The summed E-state index contributed by atoms with van der Waals surface area (Å²) < 4.78 is 13.4. The van der Waals surface area contributed by atoms with Gasteiger partial charge in [0.1, 0.15) is 5.82 Å². The molecule has 3 N–H and O–H groups in total. The van der Waals surface area contributed by atoms with Crippen LogP contribution >= 0.6 is 0 Å². The maximum Gasteiger partial charge on any atom is 0.126 e. The Bertz CT molecular complexity index is 624. The van der Waals surface area contributed by atoms with Crippen molar-refractivity contribution in [1.82, 2.24) is 5.43 Å². The van der Waals surface area contributed by atoms with Crippen molar-refractivity contribution in [3.63, 3.8) is 0 Å². The summed E-state index contributed by atoms with van der Waals surface area (Å²) in [5.74, 6) is 6.07. The van der Waals surface area contributed by atoms with E-state index in [-0.39, 0.29) is 11.9 Å². The molecule has 3 heteroatoms. The lowest BCUT2D eigenvalue weighted by Crippen LogP contribution is -2.31. The van der Waals surface area contributed by atoms with E-state index in [9.17, 15) is 4.39 Å². The number of rotatable bonds is 4. The molecule has 0 amide bonds. The second-order valence-corrected chi connectivity index (χ2v) is 5.56. The second kappa shape index (κ2) is 5.35. The third-order valence-corrected chi connectivity index (χ3v) is 4.27. The second-order valence-electron chi connectivity index (χ2n) is 5.56. The summed E-state index contributed by atoms with van der Waals surface area (Å²) in [7, 11) is 0. The van der Waals surface area contributed by atoms with Crippen LogP contribution in [-0.4, -0.2) is 0 Å². The fourth-order valence-corrected chi connectivity index (χ4v) is 3.04. The molecule has 104 valence electrons. The molecule has 1 aliphatic carbocycles. The Kier molecular flexibility index (Phi) is 3.55. The van der Waals surface area contributed by atoms with E-state index in [1.807, 2.05) is 12.1 Å². The summed E-state index contributed by atoms with van der Waals surface area (Å²) in [6.07, 6.45) is 2.05. The Morgan fingerprint density at radius 3 is 2.80 bits per heavy atom. The van der Waals surface area contributed by atoms with Crippen LogP contribution in [0.15, 0.2) is 42.5 Å². The molecular formula is C17H19FN2. The van der Waals surface area contributed by atoms with Crippen molar-refractivity contribution in [3.05, 3.63) is 70.5 Å². The first kappa shape index (κ1) is 13.3. The number of benzene rings is 2. The molecule has 0 aliphatic heterocycles. The van der Waals surface area contributed by atoms with E-state index in [4.69, 9.17) is 5.84 Å². The molecule has 0 fully saturated rings. The van der Waals surface area contributed by atoms with E-state index in [0.29, 0.717) is 11.5 Å². The van der Waals surface area contributed by atoms with E-state index < -0.39 is 0 Å². The van der Waals surface area contributed by atoms with Crippen molar-refractivity contribution in [2.45, 2.75) is 31.7 Å². The monoisotopic (exact) mass is 270 g/mol. The minimum atomic E-state index is -0.168. The van der Waals surface area contributed by atoms with Crippen molar-refractivity contribution < 1.29 is 4.39 Å². The topological polar surface area (TPSA) is 38.0 Å². The van der Waals surface area contributed by atoms with Gasteiger partial charge in [-0.1, -0.05) is 36.4 Å². The fraction of sp³-hybridized carbons (Fsp3) is 0.294. The molecule has 0 aromatic heterocycles. The van der Waals surface area contributed by atoms with Gasteiger partial charge >= 0.3 is 0 Å². The number of hydrogen-bond acceptors (Lipinski definition) is 2. The molecule has 2 nitrogen and oxygen atoms in total. The predicted octanol–water partition coefficient (Wildman–Crippen LogP) is 3.37. The summed E-state index contributed by atoms with van der Waals surface area (Å²) in [6, 6.07) is 13.8. The quantitative estimate of drug-likeness (QED) is 0.660. The Morgan fingerprint density at radius 1 is 1.30 bits per heavy atom. The fourth-order valence-electron chi connectivity index (χ4n) is 3.04. The van der Waals surface area contributed by atoms with E-state index in [2.05, 4.69) is 29.7 Å². The first-order valence-corrected chi connectivity index (χ1v) is 6.99. The predicted molar refractivity (Wildman–Crippen MR) is 78.7 cm³/mol. The number of nitrogens with one attached hydrogen (secondary N) is 1. The van der Waals surface area contributed by atoms with Crippen molar-refractivity contribution >= 4 is 0 Å². The molecule has 0 radical (unpaired) electrons. The highest BCUT2D eigenvalue weighted by Crippen LogP contribution is 2.40. The summed E-state index contributed by atoms with van der Waals surface area (Å²) in [4.78, 5) is 0. The number of aryl methyl sites for hydroxylation is 1. The zero-order valence-electron chi connectivity index (χ0n) is 11.6. The lowest BCUT2D eigenvalue weighted by Gasteiger charge is -2.33. The van der Waals surface area contributed by atoms with Crippen LogP contribution in [0.4, 0.5) is 4.39 Å². The molecule has 0 spiro atoms. The average molecular weight is 270 g/mol. The van der Waals surface area contributed by atoms with Crippen LogP contribution in [0.25, 0.3) is 0 Å². The number of nitrogens with two attached hydrogens (primary N) is 1. The normalized spacial score (nSPS) is 18.2. The molecule has 2 atom stereocenters. The Morgan fingerprint density at radius 2 is 2.10 bits per heavy atom. The summed E-state index contributed by atoms with van der Waals surface area (Å²) >= 11 is 0.